The molecule has 0 heterocycles. The minimum absolute atomic E-state index is 0.357. The van der Waals surface area contributed by atoms with Crippen molar-refractivity contribution in [2.75, 3.05) is 6.61 Å². The van der Waals surface area contributed by atoms with Crippen LogP contribution in [0.2, 0.25) is 0 Å². The standard InChI is InChI=1S/C2H11N2O6P2/c3-2(4)1-9-12(7,8)10-11(5)6/h2,5-8H,1,3-4H2/q+1. The van der Waals surface area contributed by atoms with Gasteiger partial charge in [-0.25, -0.2) is 0 Å². The molecule has 74 valence electrons. The summed E-state index contributed by atoms with van der Waals surface area (Å²) in [5.74, 6) is 0. The Morgan fingerprint density at radius 3 is 2.17 bits per heavy atom. The van der Waals surface area contributed by atoms with Crippen molar-refractivity contribution in [1.29, 1.82) is 0 Å². The lowest BCUT2D eigenvalue weighted by Crippen LogP contribution is -2.35. The molecule has 10 heteroatoms. The molecule has 0 spiro atoms. The molecule has 0 aliphatic rings. The number of hydrogen-bond acceptors (Lipinski definition) is 8. The summed E-state index contributed by atoms with van der Waals surface area (Å²) in [4.78, 5) is 33.9. The number of rotatable bonds is 5. The molecule has 0 aromatic carbocycles. The van der Waals surface area contributed by atoms with Gasteiger partial charge >= 0.3 is 16.8 Å². The van der Waals surface area contributed by atoms with E-state index < -0.39 is 22.9 Å². The fraction of sp³-hybridized carbons (Fsp3) is 1.00. The smallest absolute Gasteiger partial charge is 0.326 e. The van der Waals surface area contributed by atoms with Crippen LogP contribution >= 0.6 is 16.8 Å². The third-order valence-corrected chi connectivity index (χ3v) is 2.54. The Morgan fingerprint density at radius 1 is 1.33 bits per heavy atom. The van der Waals surface area contributed by atoms with Crippen LogP contribution in [0.4, 0.5) is 0 Å². The Balaban J connectivity index is 3.71. The van der Waals surface area contributed by atoms with Gasteiger partial charge in [-0.1, -0.05) is 4.31 Å². The van der Waals surface area contributed by atoms with E-state index in [4.69, 9.17) is 31.0 Å². The van der Waals surface area contributed by atoms with Gasteiger partial charge in [0.1, 0.15) is 6.61 Å². The van der Waals surface area contributed by atoms with Crippen LogP contribution in [0, 0.1) is 0 Å². The third kappa shape index (κ3) is 7.20. The molecule has 0 aromatic rings. The summed E-state index contributed by atoms with van der Waals surface area (Å²) in [6, 6.07) is 0. The van der Waals surface area contributed by atoms with Crippen molar-refractivity contribution in [3.8, 4) is 0 Å². The van der Waals surface area contributed by atoms with Crippen LogP contribution in [0.1, 0.15) is 0 Å². The third-order valence-electron chi connectivity index (χ3n) is 0.615. The Labute approximate surface area is 70.4 Å². The molecule has 0 aromatic heterocycles. The quantitative estimate of drug-likeness (QED) is 0.233. The van der Waals surface area contributed by atoms with Crippen molar-refractivity contribution in [2.24, 2.45) is 11.5 Å². The maximum Gasteiger partial charge on any atom is 0.578 e. The second-order valence-electron chi connectivity index (χ2n) is 1.78. The van der Waals surface area contributed by atoms with Gasteiger partial charge in [-0.2, -0.15) is 14.3 Å². The van der Waals surface area contributed by atoms with Crippen molar-refractivity contribution in [2.45, 2.75) is 6.17 Å². The van der Waals surface area contributed by atoms with Gasteiger partial charge in [-0.15, -0.1) is 0 Å². The van der Waals surface area contributed by atoms with Crippen LogP contribution in [0.5, 0.6) is 0 Å². The zero-order valence-corrected chi connectivity index (χ0v) is 7.73. The van der Waals surface area contributed by atoms with Gasteiger partial charge in [0.25, 0.3) is 0 Å². The second-order valence-corrected chi connectivity index (χ2v) is 4.18. The van der Waals surface area contributed by atoms with E-state index in [1.165, 1.54) is 0 Å². The Hall–Kier alpha value is 0.540. The lowest BCUT2D eigenvalue weighted by atomic mass is 10.6. The van der Waals surface area contributed by atoms with E-state index in [0.29, 0.717) is 0 Å². The Morgan fingerprint density at radius 2 is 1.83 bits per heavy atom. The molecule has 0 aliphatic heterocycles. The normalized spacial score (nSPS) is 13.0. The first kappa shape index (κ1) is 12.5. The lowest BCUT2D eigenvalue weighted by molar-refractivity contribution is 0.152. The van der Waals surface area contributed by atoms with Gasteiger partial charge < -0.3 is 21.3 Å². The minimum atomic E-state index is -4.18. The van der Waals surface area contributed by atoms with Crippen molar-refractivity contribution >= 4 is 16.8 Å². The van der Waals surface area contributed by atoms with Gasteiger partial charge in [0.05, 0.1) is 6.17 Å². The number of hydrogen-bond donors (Lipinski definition) is 6. The topological polar surface area (TPSA) is 151 Å². The molecule has 0 rings (SSSR count). The van der Waals surface area contributed by atoms with Crippen molar-refractivity contribution in [3.05, 3.63) is 0 Å². The maximum atomic E-state index is 8.74. The molecule has 0 saturated carbocycles. The van der Waals surface area contributed by atoms with E-state index in [0.717, 1.165) is 0 Å². The largest absolute Gasteiger partial charge is 0.578 e. The van der Waals surface area contributed by atoms with Gasteiger partial charge in [0, 0.05) is 0 Å². The molecule has 0 saturated heterocycles. The maximum absolute atomic E-state index is 8.74. The number of nitrogens with two attached hydrogens (primary N) is 2. The average Bonchev–Trinajstić information content (AvgIpc) is 1.81. The minimum Gasteiger partial charge on any atom is -0.326 e. The van der Waals surface area contributed by atoms with Crippen molar-refractivity contribution in [3.63, 3.8) is 0 Å². The van der Waals surface area contributed by atoms with E-state index in [-0.39, 0.29) is 6.61 Å². The van der Waals surface area contributed by atoms with Crippen LogP contribution in [-0.2, 0) is 8.83 Å². The first-order chi connectivity index (χ1) is 5.33. The summed E-state index contributed by atoms with van der Waals surface area (Å²) in [7, 11) is -7.06. The molecule has 0 atom stereocenters. The monoisotopic (exact) mass is 221 g/mol. The first-order valence-corrected chi connectivity index (χ1v) is 5.41. The Kier molecular flexibility index (Phi) is 5.55. The fourth-order valence-electron chi connectivity index (χ4n) is 0.302. The summed E-state index contributed by atoms with van der Waals surface area (Å²) in [5.41, 5.74) is 10.0. The predicted molar refractivity (Wildman–Crippen MR) is 41.9 cm³/mol. The summed E-state index contributed by atoms with van der Waals surface area (Å²) in [6.45, 7) is -0.357. The van der Waals surface area contributed by atoms with Crippen LogP contribution in [0.25, 0.3) is 0 Å². The highest BCUT2D eigenvalue weighted by Gasteiger charge is 2.43. The molecule has 0 fully saturated rings. The predicted octanol–water partition coefficient (Wildman–Crippen LogP) is -1.86. The van der Waals surface area contributed by atoms with E-state index in [1.807, 2.05) is 0 Å². The molecule has 0 radical (unpaired) electrons. The zero-order valence-electron chi connectivity index (χ0n) is 5.94. The highest BCUT2D eigenvalue weighted by atomic mass is 31.3. The van der Waals surface area contributed by atoms with E-state index in [9.17, 15) is 0 Å². The van der Waals surface area contributed by atoms with Gasteiger partial charge in [0.2, 0.25) is 0 Å². The molecule has 8 nitrogen and oxygen atoms in total. The van der Waals surface area contributed by atoms with Crippen molar-refractivity contribution < 1.29 is 28.4 Å². The van der Waals surface area contributed by atoms with E-state index in [1.54, 1.807) is 0 Å². The average molecular weight is 221 g/mol. The fourth-order valence-corrected chi connectivity index (χ4v) is 1.62. The van der Waals surface area contributed by atoms with Crippen molar-refractivity contribution in [1.82, 2.24) is 0 Å². The van der Waals surface area contributed by atoms with E-state index in [2.05, 4.69) is 8.83 Å². The van der Waals surface area contributed by atoms with Gasteiger partial charge in [-0.05, 0) is 0 Å². The Bertz CT molecular complexity index is 131. The van der Waals surface area contributed by atoms with Crippen LogP contribution < -0.4 is 11.5 Å². The van der Waals surface area contributed by atoms with Crippen LogP contribution in [-0.4, -0.2) is 32.3 Å². The highest BCUT2D eigenvalue weighted by Crippen LogP contribution is 2.60. The molecule has 0 unspecified atom stereocenters. The molecule has 12 heavy (non-hydrogen) atoms. The summed E-state index contributed by atoms with van der Waals surface area (Å²) in [5, 5.41) is 0. The molecule has 0 bridgehead atoms. The summed E-state index contributed by atoms with van der Waals surface area (Å²) in [6.07, 6.45) is -0.893. The molecule has 8 N–H and O–H groups in total. The zero-order chi connectivity index (χ0) is 9.78. The van der Waals surface area contributed by atoms with Crippen LogP contribution in [0.3, 0.4) is 0 Å². The summed E-state index contributed by atoms with van der Waals surface area (Å²) >= 11 is 0. The lowest BCUT2D eigenvalue weighted by Gasteiger charge is -2.10. The first-order valence-electron chi connectivity index (χ1n) is 2.71. The highest BCUT2D eigenvalue weighted by molar-refractivity contribution is 7.62. The van der Waals surface area contributed by atoms with Gasteiger partial charge in [-0.3, -0.25) is 0 Å². The summed E-state index contributed by atoms with van der Waals surface area (Å²) < 4.78 is 8.10. The van der Waals surface area contributed by atoms with Gasteiger partial charge in [0.15, 0.2) is 0 Å². The van der Waals surface area contributed by atoms with Crippen LogP contribution in [0.15, 0.2) is 0 Å². The molecular formula is C2H11N2O6P2+. The molecule has 0 amide bonds. The second kappa shape index (κ2) is 5.31. The molecule has 0 aliphatic carbocycles. The van der Waals surface area contributed by atoms with E-state index >= 15 is 0 Å². The molecular weight excluding hydrogens is 210 g/mol. The SMILES string of the molecule is NC(N)CO[P+](O)(O)OP(O)O.